The van der Waals surface area contributed by atoms with E-state index < -0.39 is 0 Å². The van der Waals surface area contributed by atoms with Crippen molar-refractivity contribution in [3.8, 4) is 0 Å². The highest BCUT2D eigenvalue weighted by Crippen LogP contribution is 2.21. The van der Waals surface area contributed by atoms with Gasteiger partial charge in [0.25, 0.3) is 0 Å². The molecule has 4 heteroatoms. The van der Waals surface area contributed by atoms with Gasteiger partial charge in [-0.2, -0.15) is 10.2 Å². The van der Waals surface area contributed by atoms with Crippen LogP contribution in [0.25, 0.3) is 10.9 Å². The number of benzene rings is 2. The van der Waals surface area contributed by atoms with E-state index in [9.17, 15) is 0 Å². The molecule has 1 N–H and O–H groups in total. The van der Waals surface area contributed by atoms with E-state index in [-0.39, 0.29) is 6.04 Å². The van der Waals surface area contributed by atoms with Gasteiger partial charge in [0.1, 0.15) is 0 Å². The quantitative estimate of drug-likeness (QED) is 0.726. The van der Waals surface area contributed by atoms with Gasteiger partial charge in [0.15, 0.2) is 0 Å². The zero-order valence-electron chi connectivity index (χ0n) is 11.5. The first-order chi connectivity index (χ1) is 10.4. The Balaban J connectivity index is 1.82. The predicted octanol–water partition coefficient (Wildman–Crippen LogP) is 3.89. The maximum atomic E-state index is 6.12. The first-order valence-electron chi connectivity index (χ1n) is 6.93. The molecule has 21 heavy (non-hydrogen) atoms. The van der Waals surface area contributed by atoms with Crippen LogP contribution < -0.4 is 5.32 Å². The Morgan fingerprint density at radius 3 is 2.57 bits per heavy atom. The lowest BCUT2D eigenvalue weighted by atomic mass is 10.1. The fraction of sp³-hybridized carbons (Fsp3) is 0.176. The van der Waals surface area contributed by atoms with E-state index in [1.54, 1.807) is 6.20 Å². The molecule has 0 saturated carbocycles. The lowest BCUT2D eigenvalue weighted by Crippen LogP contribution is -2.24. The van der Waals surface area contributed by atoms with Gasteiger partial charge in [-0.05, 0) is 18.1 Å². The summed E-state index contributed by atoms with van der Waals surface area (Å²) in [7, 11) is 0. The molecule has 1 unspecified atom stereocenters. The van der Waals surface area contributed by atoms with Crippen LogP contribution in [0.15, 0.2) is 60.8 Å². The molecule has 0 radical (unpaired) electrons. The second-order valence-electron chi connectivity index (χ2n) is 4.96. The van der Waals surface area contributed by atoms with E-state index in [4.69, 9.17) is 11.6 Å². The SMILES string of the molecule is ClCC(Cc1ccccc1)Nc1cnnc2ccccc12. The third-order valence-corrected chi connectivity index (χ3v) is 3.79. The normalized spacial score (nSPS) is 12.2. The summed E-state index contributed by atoms with van der Waals surface area (Å²) in [5.74, 6) is 0.533. The third-order valence-electron chi connectivity index (χ3n) is 3.42. The van der Waals surface area contributed by atoms with Crippen molar-refractivity contribution < 1.29 is 0 Å². The molecule has 0 fully saturated rings. The number of fused-ring (bicyclic) bond motifs is 1. The van der Waals surface area contributed by atoms with Crippen LogP contribution in [0, 0.1) is 0 Å². The summed E-state index contributed by atoms with van der Waals surface area (Å²) >= 11 is 6.12. The molecule has 106 valence electrons. The molecule has 0 bridgehead atoms. The third kappa shape index (κ3) is 3.31. The van der Waals surface area contributed by atoms with Crippen molar-refractivity contribution in [2.24, 2.45) is 0 Å². The summed E-state index contributed by atoms with van der Waals surface area (Å²) in [6.07, 6.45) is 2.63. The lowest BCUT2D eigenvalue weighted by molar-refractivity contribution is 0.796. The summed E-state index contributed by atoms with van der Waals surface area (Å²) in [5, 5.41) is 12.7. The standard InChI is InChI=1S/C17H16ClN3/c18-11-14(10-13-6-2-1-3-7-13)20-17-12-19-21-16-9-5-4-8-15(16)17/h1-9,12,14H,10-11H2,(H,20,21). The molecule has 1 atom stereocenters. The van der Waals surface area contributed by atoms with Crippen LogP contribution >= 0.6 is 11.6 Å². The first-order valence-corrected chi connectivity index (χ1v) is 7.47. The molecule has 0 aliphatic rings. The Hall–Kier alpha value is -2.13. The molecule has 0 spiro atoms. The molecule has 3 aromatic rings. The number of aromatic nitrogens is 2. The van der Waals surface area contributed by atoms with E-state index in [0.717, 1.165) is 23.0 Å². The van der Waals surface area contributed by atoms with Gasteiger partial charge < -0.3 is 5.32 Å². The zero-order valence-corrected chi connectivity index (χ0v) is 12.3. The van der Waals surface area contributed by atoms with E-state index >= 15 is 0 Å². The van der Waals surface area contributed by atoms with Gasteiger partial charge in [0.2, 0.25) is 0 Å². The van der Waals surface area contributed by atoms with Crippen LogP contribution in [0.5, 0.6) is 0 Å². The van der Waals surface area contributed by atoms with E-state index in [0.29, 0.717) is 5.88 Å². The van der Waals surface area contributed by atoms with Crippen LogP contribution in [-0.2, 0) is 6.42 Å². The van der Waals surface area contributed by atoms with Gasteiger partial charge in [0, 0.05) is 17.3 Å². The molecule has 0 saturated heterocycles. The predicted molar refractivity (Wildman–Crippen MR) is 87.8 cm³/mol. The Kier molecular flexibility index (Phi) is 4.31. The van der Waals surface area contributed by atoms with E-state index in [2.05, 4.69) is 27.6 Å². The van der Waals surface area contributed by atoms with Crippen molar-refractivity contribution in [3.05, 3.63) is 66.4 Å². The van der Waals surface area contributed by atoms with Crippen molar-refractivity contribution in [1.82, 2.24) is 10.2 Å². The number of hydrogen-bond acceptors (Lipinski definition) is 3. The maximum absolute atomic E-state index is 6.12. The second-order valence-corrected chi connectivity index (χ2v) is 5.27. The average molecular weight is 298 g/mol. The summed E-state index contributed by atoms with van der Waals surface area (Å²) in [6, 6.07) is 18.5. The molecule has 3 nitrogen and oxygen atoms in total. The molecular weight excluding hydrogens is 282 g/mol. The Morgan fingerprint density at radius 1 is 1.00 bits per heavy atom. The molecule has 0 aliphatic carbocycles. The summed E-state index contributed by atoms with van der Waals surface area (Å²) in [6.45, 7) is 0. The smallest absolute Gasteiger partial charge is 0.0950 e. The number of hydrogen-bond donors (Lipinski definition) is 1. The Morgan fingerprint density at radius 2 is 1.76 bits per heavy atom. The molecule has 3 rings (SSSR count). The minimum atomic E-state index is 0.154. The largest absolute Gasteiger partial charge is 0.379 e. The Labute approximate surface area is 129 Å². The number of alkyl halides is 1. The van der Waals surface area contributed by atoms with Gasteiger partial charge in [-0.3, -0.25) is 0 Å². The summed E-state index contributed by atoms with van der Waals surface area (Å²) in [4.78, 5) is 0. The number of rotatable bonds is 5. The van der Waals surface area contributed by atoms with Gasteiger partial charge >= 0.3 is 0 Å². The van der Waals surface area contributed by atoms with Gasteiger partial charge in [-0.25, -0.2) is 0 Å². The lowest BCUT2D eigenvalue weighted by Gasteiger charge is -2.18. The Bertz CT molecular complexity index is 710. The topological polar surface area (TPSA) is 37.8 Å². The summed E-state index contributed by atoms with van der Waals surface area (Å²) < 4.78 is 0. The van der Waals surface area contributed by atoms with Crippen molar-refractivity contribution >= 4 is 28.2 Å². The van der Waals surface area contributed by atoms with Crippen LogP contribution in [-0.4, -0.2) is 22.1 Å². The number of nitrogens with zero attached hydrogens (tertiary/aromatic N) is 2. The zero-order chi connectivity index (χ0) is 14.5. The van der Waals surface area contributed by atoms with Crippen molar-refractivity contribution in [3.63, 3.8) is 0 Å². The van der Waals surface area contributed by atoms with Crippen LogP contribution in [0.3, 0.4) is 0 Å². The second kappa shape index (κ2) is 6.55. The van der Waals surface area contributed by atoms with Crippen molar-refractivity contribution in [2.75, 3.05) is 11.2 Å². The van der Waals surface area contributed by atoms with E-state index in [1.807, 2.05) is 42.5 Å². The fourth-order valence-electron chi connectivity index (χ4n) is 2.38. The highest BCUT2D eigenvalue weighted by atomic mass is 35.5. The average Bonchev–Trinajstić information content (AvgIpc) is 2.55. The van der Waals surface area contributed by atoms with Gasteiger partial charge in [-0.15, -0.1) is 11.6 Å². The first kappa shape index (κ1) is 13.8. The monoisotopic (exact) mass is 297 g/mol. The number of nitrogens with one attached hydrogen (secondary N) is 1. The van der Waals surface area contributed by atoms with E-state index in [1.165, 1.54) is 5.56 Å². The van der Waals surface area contributed by atoms with Gasteiger partial charge in [0.05, 0.1) is 17.4 Å². The molecular formula is C17H16ClN3. The number of anilines is 1. The van der Waals surface area contributed by atoms with Crippen molar-refractivity contribution in [2.45, 2.75) is 12.5 Å². The van der Waals surface area contributed by atoms with Gasteiger partial charge in [-0.1, -0.05) is 48.5 Å². The van der Waals surface area contributed by atoms with Crippen LogP contribution in [0.4, 0.5) is 5.69 Å². The van der Waals surface area contributed by atoms with Crippen molar-refractivity contribution in [1.29, 1.82) is 0 Å². The molecule has 0 aliphatic heterocycles. The highest BCUT2D eigenvalue weighted by molar-refractivity contribution is 6.18. The minimum absolute atomic E-state index is 0.154. The van der Waals surface area contributed by atoms with Crippen LogP contribution in [0.1, 0.15) is 5.56 Å². The number of halogens is 1. The molecule has 0 amide bonds. The molecule has 2 aromatic carbocycles. The van der Waals surface area contributed by atoms with Crippen LogP contribution in [0.2, 0.25) is 0 Å². The maximum Gasteiger partial charge on any atom is 0.0950 e. The summed E-state index contributed by atoms with van der Waals surface area (Å²) in [5.41, 5.74) is 3.12. The minimum Gasteiger partial charge on any atom is -0.379 e. The molecule has 1 aromatic heterocycles. The highest BCUT2D eigenvalue weighted by Gasteiger charge is 2.10. The molecule has 1 heterocycles. The fourth-order valence-corrected chi connectivity index (χ4v) is 2.57.